The van der Waals surface area contributed by atoms with Crippen molar-refractivity contribution in [3.05, 3.63) is 63.7 Å². The largest absolute Gasteiger partial charge is 0.418 e. The van der Waals surface area contributed by atoms with Gasteiger partial charge in [-0.1, -0.05) is 40.9 Å². The lowest BCUT2D eigenvalue weighted by molar-refractivity contribution is -0.136. The highest BCUT2D eigenvalue weighted by Crippen LogP contribution is 2.36. The molecular weight excluding hydrogens is 299 g/mol. The summed E-state index contributed by atoms with van der Waals surface area (Å²) in [6.45, 7) is 4.24. The maximum atomic E-state index is 13.0. The molecule has 0 aliphatic heterocycles. The van der Waals surface area contributed by atoms with Crippen LogP contribution in [0.3, 0.4) is 0 Å². The van der Waals surface area contributed by atoms with Crippen LogP contribution in [0.4, 0.5) is 18.9 Å². The summed E-state index contributed by atoms with van der Waals surface area (Å²) >= 11 is 5.65. The van der Waals surface area contributed by atoms with Gasteiger partial charge in [0.15, 0.2) is 0 Å². The first kappa shape index (κ1) is 15.7. The Hall–Kier alpha value is -1.68. The fourth-order valence-corrected chi connectivity index (χ4v) is 2.45. The normalized spacial score (nSPS) is 11.5. The quantitative estimate of drug-likeness (QED) is 0.779. The minimum Gasteiger partial charge on any atom is -0.380 e. The number of aryl methyl sites for hydroxylation is 2. The molecule has 0 spiro atoms. The van der Waals surface area contributed by atoms with E-state index in [4.69, 9.17) is 11.6 Å². The Labute approximate surface area is 126 Å². The van der Waals surface area contributed by atoms with Gasteiger partial charge in [-0.25, -0.2) is 0 Å². The van der Waals surface area contributed by atoms with Crippen LogP contribution in [0.5, 0.6) is 0 Å². The molecule has 0 aliphatic rings. The summed E-state index contributed by atoms with van der Waals surface area (Å²) in [5, 5.41) is 2.91. The molecular formula is C16H15ClF3N. The van der Waals surface area contributed by atoms with Crippen molar-refractivity contribution in [1.82, 2.24) is 0 Å². The van der Waals surface area contributed by atoms with Gasteiger partial charge in [0.1, 0.15) is 0 Å². The minimum absolute atomic E-state index is 0.0334. The highest BCUT2D eigenvalue weighted by Gasteiger charge is 2.33. The summed E-state index contributed by atoms with van der Waals surface area (Å²) in [6, 6.07) is 9.65. The SMILES string of the molecule is Cc1cc(C)cc(CNc2ccc(Cl)cc2C(F)(F)F)c1. The van der Waals surface area contributed by atoms with Crippen LogP contribution in [0, 0.1) is 13.8 Å². The number of anilines is 1. The van der Waals surface area contributed by atoms with Crippen LogP contribution >= 0.6 is 11.6 Å². The summed E-state index contributed by atoms with van der Waals surface area (Å²) in [5.41, 5.74) is 2.39. The zero-order chi connectivity index (χ0) is 15.6. The molecule has 0 unspecified atom stereocenters. The Morgan fingerprint density at radius 3 is 2.19 bits per heavy atom. The lowest BCUT2D eigenvalue weighted by atomic mass is 10.1. The molecule has 2 rings (SSSR count). The molecule has 112 valence electrons. The monoisotopic (exact) mass is 313 g/mol. The van der Waals surface area contributed by atoms with E-state index in [9.17, 15) is 13.2 Å². The van der Waals surface area contributed by atoms with Crippen molar-refractivity contribution in [3.8, 4) is 0 Å². The third kappa shape index (κ3) is 4.14. The maximum absolute atomic E-state index is 13.0. The topological polar surface area (TPSA) is 12.0 Å². The number of hydrogen-bond acceptors (Lipinski definition) is 1. The van der Waals surface area contributed by atoms with E-state index in [-0.39, 0.29) is 10.7 Å². The number of alkyl halides is 3. The first-order valence-corrected chi connectivity index (χ1v) is 6.81. The molecule has 5 heteroatoms. The smallest absolute Gasteiger partial charge is 0.380 e. The van der Waals surface area contributed by atoms with Crippen molar-refractivity contribution < 1.29 is 13.2 Å². The van der Waals surface area contributed by atoms with Gasteiger partial charge in [-0.05, 0) is 37.6 Å². The fourth-order valence-electron chi connectivity index (χ4n) is 2.27. The van der Waals surface area contributed by atoms with Gasteiger partial charge >= 0.3 is 6.18 Å². The molecule has 0 saturated heterocycles. The van der Waals surface area contributed by atoms with Gasteiger partial charge in [0.2, 0.25) is 0 Å². The van der Waals surface area contributed by atoms with Crippen LogP contribution in [0.2, 0.25) is 5.02 Å². The maximum Gasteiger partial charge on any atom is 0.418 e. The molecule has 0 aliphatic carbocycles. The predicted molar refractivity (Wildman–Crippen MR) is 79.7 cm³/mol. The zero-order valence-electron chi connectivity index (χ0n) is 11.7. The molecule has 0 amide bonds. The second-order valence-corrected chi connectivity index (χ2v) is 5.47. The highest BCUT2D eigenvalue weighted by molar-refractivity contribution is 6.30. The Morgan fingerprint density at radius 2 is 1.62 bits per heavy atom. The summed E-state index contributed by atoms with van der Waals surface area (Å²) in [5.74, 6) is 0. The molecule has 0 aromatic heterocycles. The fraction of sp³-hybridized carbons (Fsp3) is 0.250. The predicted octanol–water partition coefficient (Wildman–Crippen LogP) is 5.59. The van der Waals surface area contributed by atoms with E-state index in [1.54, 1.807) is 0 Å². The standard InChI is InChI=1S/C16H15ClF3N/c1-10-5-11(2)7-12(6-10)9-21-15-4-3-13(17)8-14(15)16(18,19)20/h3-8,21H,9H2,1-2H3. The Morgan fingerprint density at radius 1 is 1.00 bits per heavy atom. The van der Waals surface area contributed by atoms with Crippen LogP contribution in [0.1, 0.15) is 22.3 Å². The third-order valence-electron chi connectivity index (χ3n) is 3.05. The van der Waals surface area contributed by atoms with E-state index in [1.807, 2.05) is 32.0 Å². The highest BCUT2D eigenvalue weighted by atomic mass is 35.5. The Bertz CT molecular complexity index is 630. The number of hydrogen-bond donors (Lipinski definition) is 1. The lowest BCUT2D eigenvalue weighted by Gasteiger charge is -2.15. The van der Waals surface area contributed by atoms with E-state index in [0.717, 1.165) is 22.8 Å². The first-order valence-electron chi connectivity index (χ1n) is 6.43. The molecule has 0 heterocycles. The summed E-state index contributed by atoms with van der Waals surface area (Å²) in [7, 11) is 0. The van der Waals surface area contributed by atoms with Gasteiger partial charge in [0.25, 0.3) is 0 Å². The second-order valence-electron chi connectivity index (χ2n) is 5.04. The van der Waals surface area contributed by atoms with Crippen molar-refractivity contribution in [3.63, 3.8) is 0 Å². The van der Waals surface area contributed by atoms with Gasteiger partial charge in [0, 0.05) is 17.3 Å². The van der Waals surface area contributed by atoms with E-state index < -0.39 is 11.7 Å². The van der Waals surface area contributed by atoms with Crippen molar-refractivity contribution in [2.24, 2.45) is 0 Å². The van der Waals surface area contributed by atoms with Crippen LogP contribution in [-0.2, 0) is 12.7 Å². The third-order valence-corrected chi connectivity index (χ3v) is 3.29. The molecule has 2 aromatic rings. The summed E-state index contributed by atoms with van der Waals surface area (Å²) < 4.78 is 39.0. The van der Waals surface area contributed by atoms with Crippen molar-refractivity contribution >= 4 is 17.3 Å². The van der Waals surface area contributed by atoms with Crippen molar-refractivity contribution in [2.75, 3.05) is 5.32 Å². The van der Waals surface area contributed by atoms with E-state index >= 15 is 0 Å². The number of benzene rings is 2. The molecule has 21 heavy (non-hydrogen) atoms. The second kappa shape index (κ2) is 5.98. The van der Waals surface area contributed by atoms with Crippen LogP contribution in [-0.4, -0.2) is 0 Å². The van der Waals surface area contributed by atoms with Crippen LogP contribution in [0.25, 0.3) is 0 Å². The lowest BCUT2D eigenvalue weighted by Crippen LogP contribution is -2.11. The minimum atomic E-state index is -4.43. The van der Waals surface area contributed by atoms with E-state index in [0.29, 0.717) is 6.54 Å². The van der Waals surface area contributed by atoms with Gasteiger partial charge < -0.3 is 5.32 Å². The average molecular weight is 314 g/mol. The van der Waals surface area contributed by atoms with Crippen molar-refractivity contribution in [2.45, 2.75) is 26.6 Å². The van der Waals surface area contributed by atoms with Gasteiger partial charge in [0.05, 0.1) is 5.56 Å². The summed E-state index contributed by atoms with van der Waals surface area (Å²) in [6.07, 6.45) is -4.43. The summed E-state index contributed by atoms with van der Waals surface area (Å²) in [4.78, 5) is 0. The number of halogens is 4. The van der Waals surface area contributed by atoms with Gasteiger partial charge in [-0.2, -0.15) is 13.2 Å². The van der Waals surface area contributed by atoms with E-state index in [1.165, 1.54) is 12.1 Å². The number of nitrogens with one attached hydrogen (secondary N) is 1. The van der Waals surface area contributed by atoms with Crippen LogP contribution < -0.4 is 5.32 Å². The van der Waals surface area contributed by atoms with Crippen molar-refractivity contribution in [1.29, 1.82) is 0 Å². The van der Waals surface area contributed by atoms with Gasteiger partial charge in [-0.15, -0.1) is 0 Å². The van der Waals surface area contributed by atoms with Gasteiger partial charge in [-0.3, -0.25) is 0 Å². The molecule has 1 nitrogen and oxygen atoms in total. The first-order chi connectivity index (χ1) is 9.75. The van der Waals surface area contributed by atoms with Crippen LogP contribution in [0.15, 0.2) is 36.4 Å². The number of rotatable bonds is 3. The molecule has 2 aromatic carbocycles. The zero-order valence-corrected chi connectivity index (χ0v) is 12.4. The molecule has 0 atom stereocenters. The molecule has 0 radical (unpaired) electrons. The average Bonchev–Trinajstić information content (AvgIpc) is 2.35. The molecule has 0 fully saturated rings. The van der Waals surface area contributed by atoms with E-state index in [2.05, 4.69) is 5.32 Å². The Kier molecular flexibility index (Phi) is 4.47. The molecule has 0 saturated carbocycles. The molecule has 1 N–H and O–H groups in total. The Balaban J connectivity index is 2.24. The molecule has 0 bridgehead atoms.